The lowest BCUT2D eigenvalue weighted by Gasteiger charge is -2.09. The minimum Gasteiger partial charge on any atom is -0.497 e. The smallest absolute Gasteiger partial charge is 0.326 e. The summed E-state index contributed by atoms with van der Waals surface area (Å²) in [5.41, 5.74) is 0.951. The van der Waals surface area contributed by atoms with Crippen molar-refractivity contribution < 1.29 is 33.3 Å². The monoisotopic (exact) mass is 460 g/mol. The molecule has 170 valence electrons. The van der Waals surface area contributed by atoms with Gasteiger partial charge < -0.3 is 28.3 Å². The summed E-state index contributed by atoms with van der Waals surface area (Å²) in [6.07, 6.45) is 0. The van der Waals surface area contributed by atoms with Crippen molar-refractivity contribution in [3.05, 3.63) is 40.7 Å². The van der Waals surface area contributed by atoms with E-state index in [1.54, 1.807) is 41.8 Å². The number of methoxy groups -OCH3 is 4. The topological polar surface area (TPSA) is 97.6 Å². The maximum Gasteiger partial charge on any atom is 0.326 e. The Morgan fingerprint density at radius 1 is 0.906 bits per heavy atom. The SMILES string of the molecule is CCOC(=O)Cn1c(=NC(=O)c2cc(OC)cc(OC)c2)sc2cc(OC)c(OC)cc21. The molecule has 2 aromatic carbocycles. The molecule has 0 saturated heterocycles. The molecule has 0 saturated carbocycles. The van der Waals surface area contributed by atoms with Crippen LogP contribution in [0.5, 0.6) is 23.0 Å². The van der Waals surface area contributed by atoms with E-state index in [0.29, 0.717) is 33.3 Å². The lowest BCUT2D eigenvalue weighted by atomic mass is 10.2. The van der Waals surface area contributed by atoms with Crippen LogP contribution in [0, 0.1) is 0 Å². The number of hydrogen-bond donors (Lipinski definition) is 0. The number of rotatable bonds is 8. The number of thiazole rings is 1. The van der Waals surface area contributed by atoms with Gasteiger partial charge in [0.1, 0.15) is 18.0 Å². The highest BCUT2D eigenvalue weighted by atomic mass is 32.1. The lowest BCUT2D eigenvalue weighted by Crippen LogP contribution is -2.23. The van der Waals surface area contributed by atoms with Crippen LogP contribution in [0.1, 0.15) is 17.3 Å². The molecule has 0 aliphatic rings. The summed E-state index contributed by atoms with van der Waals surface area (Å²) < 4.78 is 28.7. The zero-order valence-electron chi connectivity index (χ0n) is 18.5. The van der Waals surface area contributed by atoms with Gasteiger partial charge in [-0.2, -0.15) is 4.99 Å². The number of benzene rings is 2. The first-order chi connectivity index (χ1) is 15.4. The van der Waals surface area contributed by atoms with Crippen molar-refractivity contribution in [3.8, 4) is 23.0 Å². The average Bonchev–Trinajstić information content (AvgIpc) is 3.13. The van der Waals surface area contributed by atoms with E-state index < -0.39 is 11.9 Å². The Labute approximate surface area is 188 Å². The van der Waals surface area contributed by atoms with Gasteiger partial charge in [0, 0.05) is 23.8 Å². The number of fused-ring (bicyclic) bond motifs is 1. The summed E-state index contributed by atoms with van der Waals surface area (Å²) in [5.74, 6) is 0.996. The Morgan fingerprint density at radius 2 is 1.53 bits per heavy atom. The van der Waals surface area contributed by atoms with E-state index in [-0.39, 0.29) is 18.7 Å². The van der Waals surface area contributed by atoms with Crippen LogP contribution in [-0.4, -0.2) is 51.5 Å². The van der Waals surface area contributed by atoms with Crippen LogP contribution in [0.3, 0.4) is 0 Å². The summed E-state index contributed by atoms with van der Waals surface area (Å²) in [4.78, 5) is 29.9. The Hall–Kier alpha value is -3.53. The van der Waals surface area contributed by atoms with Crippen LogP contribution in [0.25, 0.3) is 10.2 Å². The second kappa shape index (κ2) is 10.2. The molecular formula is C22H24N2O7S. The third-order valence-corrected chi connectivity index (χ3v) is 5.62. The fraction of sp³-hybridized carbons (Fsp3) is 0.318. The van der Waals surface area contributed by atoms with E-state index in [1.807, 2.05) is 0 Å². The third kappa shape index (κ3) is 4.86. The Bertz CT molecular complexity index is 1190. The summed E-state index contributed by atoms with van der Waals surface area (Å²) in [7, 11) is 6.06. The highest BCUT2D eigenvalue weighted by Crippen LogP contribution is 2.33. The van der Waals surface area contributed by atoms with E-state index >= 15 is 0 Å². The number of esters is 1. The van der Waals surface area contributed by atoms with E-state index in [2.05, 4.69) is 4.99 Å². The quantitative estimate of drug-likeness (QED) is 0.477. The number of hydrogen-bond acceptors (Lipinski definition) is 8. The normalized spacial score (nSPS) is 11.3. The molecular weight excluding hydrogens is 436 g/mol. The van der Waals surface area contributed by atoms with Gasteiger partial charge in [-0.25, -0.2) is 0 Å². The number of carbonyl (C=O) groups excluding carboxylic acids is 2. The average molecular weight is 461 g/mol. The van der Waals surface area contributed by atoms with Crippen LogP contribution >= 0.6 is 11.3 Å². The van der Waals surface area contributed by atoms with Crippen LogP contribution < -0.4 is 23.7 Å². The second-order valence-corrected chi connectivity index (χ2v) is 7.48. The number of aromatic nitrogens is 1. The van der Waals surface area contributed by atoms with Crippen molar-refractivity contribution in [1.29, 1.82) is 0 Å². The number of amides is 1. The van der Waals surface area contributed by atoms with E-state index in [0.717, 1.165) is 4.70 Å². The van der Waals surface area contributed by atoms with Gasteiger partial charge in [0.05, 0.1) is 45.3 Å². The highest BCUT2D eigenvalue weighted by molar-refractivity contribution is 7.16. The molecule has 0 bridgehead atoms. The second-order valence-electron chi connectivity index (χ2n) is 6.47. The molecule has 1 amide bonds. The molecule has 32 heavy (non-hydrogen) atoms. The third-order valence-electron chi connectivity index (χ3n) is 4.58. The molecule has 10 heteroatoms. The fourth-order valence-electron chi connectivity index (χ4n) is 3.05. The van der Waals surface area contributed by atoms with Crippen molar-refractivity contribution in [1.82, 2.24) is 4.57 Å². The molecule has 0 fully saturated rings. The van der Waals surface area contributed by atoms with Gasteiger partial charge in [0.15, 0.2) is 16.3 Å². The van der Waals surface area contributed by atoms with Gasteiger partial charge in [0.2, 0.25) is 0 Å². The lowest BCUT2D eigenvalue weighted by molar-refractivity contribution is -0.143. The largest absolute Gasteiger partial charge is 0.497 e. The van der Waals surface area contributed by atoms with Gasteiger partial charge in [-0.15, -0.1) is 0 Å². The van der Waals surface area contributed by atoms with Crippen molar-refractivity contribution >= 4 is 33.4 Å². The maximum atomic E-state index is 13.0. The standard InChI is InChI=1S/C22H24N2O7S/c1-6-31-20(25)12-24-16-10-17(29-4)18(30-5)11-19(16)32-22(24)23-21(26)13-7-14(27-2)9-15(8-13)28-3/h7-11H,6,12H2,1-5H3. The number of carbonyl (C=O) groups is 2. The Kier molecular flexibility index (Phi) is 7.37. The maximum absolute atomic E-state index is 13.0. The first-order valence-electron chi connectivity index (χ1n) is 9.67. The highest BCUT2D eigenvalue weighted by Gasteiger charge is 2.17. The van der Waals surface area contributed by atoms with Crippen molar-refractivity contribution in [3.63, 3.8) is 0 Å². The molecule has 1 heterocycles. The molecule has 0 aliphatic carbocycles. The summed E-state index contributed by atoms with van der Waals surface area (Å²) >= 11 is 1.25. The minimum atomic E-state index is -0.509. The van der Waals surface area contributed by atoms with Crippen LogP contribution in [0.4, 0.5) is 0 Å². The van der Waals surface area contributed by atoms with Gasteiger partial charge >= 0.3 is 5.97 Å². The first kappa shape index (κ1) is 23.1. The summed E-state index contributed by atoms with van der Waals surface area (Å²) in [6.45, 7) is 1.86. The van der Waals surface area contributed by atoms with E-state index in [4.69, 9.17) is 23.7 Å². The Morgan fingerprint density at radius 3 is 2.09 bits per heavy atom. The zero-order valence-corrected chi connectivity index (χ0v) is 19.3. The number of nitrogens with zero attached hydrogens (tertiary/aromatic N) is 2. The van der Waals surface area contributed by atoms with Gasteiger partial charge in [-0.3, -0.25) is 9.59 Å². The molecule has 0 unspecified atom stereocenters. The first-order valence-corrected chi connectivity index (χ1v) is 10.5. The van der Waals surface area contributed by atoms with E-state index in [1.165, 1.54) is 39.8 Å². The van der Waals surface area contributed by atoms with Crippen molar-refractivity contribution in [2.24, 2.45) is 4.99 Å². The molecule has 0 radical (unpaired) electrons. The van der Waals surface area contributed by atoms with Gasteiger partial charge in [0.25, 0.3) is 5.91 Å². The molecule has 0 atom stereocenters. The van der Waals surface area contributed by atoms with Gasteiger partial charge in [-0.1, -0.05) is 11.3 Å². The fourth-order valence-corrected chi connectivity index (χ4v) is 4.09. The molecule has 0 N–H and O–H groups in total. The molecule has 3 aromatic rings. The molecule has 3 rings (SSSR count). The summed E-state index contributed by atoms with van der Waals surface area (Å²) in [5, 5.41) is 0. The predicted octanol–water partition coefficient (Wildman–Crippen LogP) is 3.04. The van der Waals surface area contributed by atoms with Crippen LogP contribution in [0.15, 0.2) is 35.3 Å². The van der Waals surface area contributed by atoms with Crippen LogP contribution in [-0.2, 0) is 16.1 Å². The van der Waals surface area contributed by atoms with Gasteiger partial charge in [-0.05, 0) is 19.1 Å². The summed E-state index contributed by atoms with van der Waals surface area (Å²) in [6, 6.07) is 8.32. The van der Waals surface area contributed by atoms with Crippen molar-refractivity contribution in [2.75, 3.05) is 35.0 Å². The number of ether oxygens (including phenoxy) is 5. The van der Waals surface area contributed by atoms with Crippen LogP contribution in [0.2, 0.25) is 0 Å². The molecule has 0 aliphatic heterocycles. The molecule has 0 spiro atoms. The Balaban J connectivity index is 2.18. The van der Waals surface area contributed by atoms with E-state index in [9.17, 15) is 9.59 Å². The molecule has 1 aromatic heterocycles. The molecule has 9 nitrogen and oxygen atoms in total. The zero-order chi connectivity index (χ0) is 23.3. The van der Waals surface area contributed by atoms with Crippen molar-refractivity contribution in [2.45, 2.75) is 13.5 Å². The predicted molar refractivity (Wildman–Crippen MR) is 119 cm³/mol. The minimum absolute atomic E-state index is 0.114.